The van der Waals surface area contributed by atoms with Crippen LogP contribution in [-0.2, 0) is 0 Å². The highest BCUT2D eigenvalue weighted by molar-refractivity contribution is 7.99. The summed E-state index contributed by atoms with van der Waals surface area (Å²) in [7, 11) is 0. The number of hydrogen-bond acceptors (Lipinski definition) is 4. The monoisotopic (exact) mass is 392 g/mol. The fourth-order valence-electron chi connectivity index (χ4n) is 3.39. The van der Waals surface area contributed by atoms with Crippen LogP contribution in [0.3, 0.4) is 0 Å². The average Bonchev–Trinajstić information content (AvgIpc) is 3.11. The van der Waals surface area contributed by atoms with Gasteiger partial charge in [0.2, 0.25) is 5.78 Å². The molecule has 0 fully saturated rings. The van der Waals surface area contributed by atoms with Gasteiger partial charge >= 0.3 is 0 Å². The number of thioether (sulfide) groups is 1. The number of fused-ring (bicyclic) bond motifs is 3. The highest BCUT2D eigenvalue weighted by atomic mass is 32.2. The molecule has 28 heavy (non-hydrogen) atoms. The Morgan fingerprint density at radius 3 is 2.39 bits per heavy atom. The van der Waals surface area contributed by atoms with E-state index in [1.54, 1.807) is 16.3 Å². The summed E-state index contributed by atoms with van der Waals surface area (Å²) in [6, 6.07) is 15.9. The molecular formula is C22H24N4OS. The van der Waals surface area contributed by atoms with E-state index in [4.69, 9.17) is 0 Å². The van der Waals surface area contributed by atoms with Gasteiger partial charge in [-0.1, -0.05) is 63.7 Å². The third-order valence-electron chi connectivity index (χ3n) is 5.07. The van der Waals surface area contributed by atoms with Crippen molar-refractivity contribution in [2.45, 2.75) is 50.4 Å². The Morgan fingerprint density at radius 2 is 1.71 bits per heavy atom. The molecule has 0 saturated carbocycles. The molecule has 0 bridgehead atoms. The molecule has 0 aliphatic heterocycles. The SMILES string of the molecule is CCC(C)c1ccc(-n2c(=O)c3ccccc3n3c(SC(C)C)nnc23)cc1. The molecule has 0 aliphatic rings. The van der Waals surface area contributed by atoms with Gasteiger partial charge in [-0.2, -0.15) is 0 Å². The lowest BCUT2D eigenvalue weighted by molar-refractivity contribution is 0.733. The molecule has 0 N–H and O–H groups in total. The molecule has 144 valence electrons. The first kappa shape index (κ1) is 18.7. The van der Waals surface area contributed by atoms with Crippen molar-refractivity contribution in [3.63, 3.8) is 0 Å². The van der Waals surface area contributed by atoms with Gasteiger partial charge in [-0.25, -0.2) is 4.57 Å². The zero-order chi connectivity index (χ0) is 19.8. The molecular weight excluding hydrogens is 368 g/mol. The van der Waals surface area contributed by atoms with Gasteiger partial charge in [0.05, 0.1) is 16.6 Å². The van der Waals surface area contributed by atoms with Crippen LogP contribution in [0.4, 0.5) is 0 Å². The second-order valence-electron chi connectivity index (χ2n) is 7.34. The quantitative estimate of drug-likeness (QED) is 0.446. The maximum atomic E-state index is 13.3. The Balaban J connectivity index is 2.01. The molecule has 6 heteroatoms. The van der Waals surface area contributed by atoms with Crippen LogP contribution in [0.15, 0.2) is 58.5 Å². The second-order valence-corrected chi connectivity index (χ2v) is 8.89. The van der Waals surface area contributed by atoms with E-state index >= 15 is 0 Å². The Hall–Kier alpha value is -2.60. The summed E-state index contributed by atoms with van der Waals surface area (Å²) >= 11 is 1.64. The van der Waals surface area contributed by atoms with Crippen LogP contribution in [0.1, 0.15) is 45.6 Å². The fraction of sp³-hybridized carbons (Fsp3) is 0.318. The van der Waals surface area contributed by atoms with Crippen molar-refractivity contribution < 1.29 is 0 Å². The molecule has 2 aromatic heterocycles. The standard InChI is InChI=1S/C22H24N4OS/c1-5-15(4)16-10-12-17(13-11-16)25-20(27)18-8-6-7-9-19(18)26-21(25)23-24-22(26)28-14(2)3/h6-15H,5H2,1-4H3. The predicted molar refractivity (Wildman–Crippen MR) is 116 cm³/mol. The van der Waals surface area contributed by atoms with Gasteiger partial charge in [-0.15, -0.1) is 10.2 Å². The third kappa shape index (κ3) is 3.11. The van der Waals surface area contributed by atoms with Gasteiger partial charge in [0.15, 0.2) is 5.16 Å². The van der Waals surface area contributed by atoms with E-state index in [1.807, 2.05) is 40.8 Å². The third-order valence-corrected chi connectivity index (χ3v) is 6.01. The van der Waals surface area contributed by atoms with Crippen LogP contribution < -0.4 is 5.56 Å². The molecule has 5 nitrogen and oxygen atoms in total. The maximum Gasteiger partial charge on any atom is 0.267 e. The number of aromatic nitrogens is 4. The summed E-state index contributed by atoms with van der Waals surface area (Å²) in [5, 5.41) is 10.6. The number of hydrogen-bond donors (Lipinski definition) is 0. The summed E-state index contributed by atoms with van der Waals surface area (Å²) in [6.45, 7) is 8.64. The van der Waals surface area contributed by atoms with Crippen molar-refractivity contribution in [2.24, 2.45) is 0 Å². The zero-order valence-electron chi connectivity index (χ0n) is 16.6. The summed E-state index contributed by atoms with van der Waals surface area (Å²) < 4.78 is 3.66. The Morgan fingerprint density at radius 1 is 1.00 bits per heavy atom. The van der Waals surface area contributed by atoms with E-state index in [9.17, 15) is 4.79 Å². The van der Waals surface area contributed by atoms with Crippen molar-refractivity contribution >= 4 is 28.4 Å². The Bertz CT molecular complexity index is 1190. The molecule has 0 saturated heterocycles. The topological polar surface area (TPSA) is 52.2 Å². The van der Waals surface area contributed by atoms with Gasteiger partial charge in [-0.05, 0) is 42.2 Å². The molecule has 0 aliphatic carbocycles. The van der Waals surface area contributed by atoms with Gasteiger partial charge in [0, 0.05) is 5.25 Å². The van der Waals surface area contributed by atoms with E-state index in [0.717, 1.165) is 22.8 Å². The summed E-state index contributed by atoms with van der Waals surface area (Å²) in [6.07, 6.45) is 1.08. The van der Waals surface area contributed by atoms with E-state index in [2.05, 4.69) is 50.0 Å². The first-order valence-corrected chi connectivity index (χ1v) is 10.5. The second kappa shape index (κ2) is 7.43. The summed E-state index contributed by atoms with van der Waals surface area (Å²) in [5.74, 6) is 1.03. The molecule has 2 aromatic carbocycles. The minimum absolute atomic E-state index is 0.0760. The summed E-state index contributed by atoms with van der Waals surface area (Å²) in [5.41, 5.74) is 2.84. The molecule has 2 heterocycles. The highest BCUT2D eigenvalue weighted by Gasteiger charge is 2.18. The van der Waals surface area contributed by atoms with Gasteiger partial charge in [0.25, 0.3) is 5.56 Å². The van der Waals surface area contributed by atoms with Crippen molar-refractivity contribution in [3.05, 3.63) is 64.4 Å². The zero-order valence-corrected chi connectivity index (χ0v) is 17.4. The maximum absolute atomic E-state index is 13.3. The van der Waals surface area contributed by atoms with E-state index in [0.29, 0.717) is 22.3 Å². The van der Waals surface area contributed by atoms with Gasteiger partial charge in [-0.3, -0.25) is 9.20 Å². The van der Waals surface area contributed by atoms with E-state index in [1.165, 1.54) is 5.56 Å². The van der Waals surface area contributed by atoms with Crippen LogP contribution in [0.25, 0.3) is 22.4 Å². The highest BCUT2D eigenvalue weighted by Crippen LogP contribution is 2.26. The lowest BCUT2D eigenvalue weighted by atomic mass is 9.98. The van der Waals surface area contributed by atoms with Crippen LogP contribution in [0, 0.1) is 0 Å². The van der Waals surface area contributed by atoms with Crippen LogP contribution in [0.2, 0.25) is 0 Å². The van der Waals surface area contributed by atoms with Crippen LogP contribution >= 0.6 is 11.8 Å². The van der Waals surface area contributed by atoms with E-state index < -0.39 is 0 Å². The minimum atomic E-state index is -0.0760. The fourth-order valence-corrected chi connectivity index (χ4v) is 4.18. The Kier molecular flexibility index (Phi) is 4.98. The van der Waals surface area contributed by atoms with Gasteiger partial charge in [0.1, 0.15) is 0 Å². The first-order valence-electron chi connectivity index (χ1n) is 9.67. The van der Waals surface area contributed by atoms with Crippen molar-refractivity contribution in [1.29, 1.82) is 0 Å². The first-order chi connectivity index (χ1) is 13.5. The van der Waals surface area contributed by atoms with E-state index in [-0.39, 0.29) is 5.56 Å². The predicted octanol–water partition coefficient (Wildman–Crippen LogP) is 5.05. The van der Waals surface area contributed by atoms with Crippen molar-refractivity contribution in [2.75, 3.05) is 0 Å². The molecule has 0 amide bonds. The molecule has 0 radical (unpaired) electrons. The lowest BCUT2D eigenvalue weighted by Gasteiger charge is -2.13. The number of para-hydroxylation sites is 1. The largest absolute Gasteiger partial charge is 0.268 e. The molecule has 4 rings (SSSR count). The molecule has 1 atom stereocenters. The Labute approximate surface area is 168 Å². The number of benzene rings is 2. The number of rotatable bonds is 5. The van der Waals surface area contributed by atoms with Crippen LogP contribution in [0.5, 0.6) is 0 Å². The van der Waals surface area contributed by atoms with Crippen molar-refractivity contribution in [1.82, 2.24) is 19.2 Å². The smallest absolute Gasteiger partial charge is 0.267 e. The molecule has 1 unspecified atom stereocenters. The van der Waals surface area contributed by atoms with Crippen molar-refractivity contribution in [3.8, 4) is 5.69 Å². The number of nitrogens with zero attached hydrogens (tertiary/aromatic N) is 4. The average molecular weight is 393 g/mol. The van der Waals surface area contributed by atoms with Crippen LogP contribution in [-0.4, -0.2) is 24.4 Å². The normalized spacial score (nSPS) is 12.9. The summed E-state index contributed by atoms with van der Waals surface area (Å²) in [4.78, 5) is 13.3. The minimum Gasteiger partial charge on any atom is -0.268 e. The molecule has 4 aromatic rings. The van der Waals surface area contributed by atoms with Gasteiger partial charge < -0.3 is 0 Å². The molecule has 0 spiro atoms. The lowest BCUT2D eigenvalue weighted by Crippen LogP contribution is -2.22.